The molecule has 1 aromatic carbocycles. The van der Waals surface area contributed by atoms with Gasteiger partial charge in [-0.1, -0.05) is 18.2 Å². The standard InChI is InChI=1S/C13H18N2O/c16-13-9-14-8-12(13)15-7-3-5-10-4-1-2-6-11(10)15/h1-2,4,6,12-14,16H,3,5,7-9H2. The molecule has 2 unspecified atom stereocenters. The number of aryl methyl sites for hydroxylation is 1. The van der Waals surface area contributed by atoms with Crippen LogP contribution in [-0.2, 0) is 6.42 Å². The minimum Gasteiger partial charge on any atom is -0.390 e. The molecule has 1 aromatic rings. The molecule has 0 bridgehead atoms. The molecule has 1 saturated heterocycles. The zero-order valence-electron chi connectivity index (χ0n) is 9.39. The largest absolute Gasteiger partial charge is 0.390 e. The molecular weight excluding hydrogens is 200 g/mol. The predicted octanol–water partition coefficient (Wildman–Crippen LogP) is 0.772. The molecule has 86 valence electrons. The molecule has 2 N–H and O–H groups in total. The zero-order chi connectivity index (χ0) is 11.0. The van der Waals surface area contributed by atoms with Crippen LogP contribution in [0.15, 0.2) is 24.3 Å². The summed E-state index contributed by atoms with van der Waals surface area (Å²) in [6.45, 7) is 2.69. The topological polar surface area (TPSA) is 35.5 Å². The Balaban J connectivity index is 1.92. The number of aliphatic hydroxyl groups is 1. The van der Waals surface area contributed by atoms with Gasteiger partial charge < -0.3 is 15.3 Å². The van der Waals surface area contributed by atoms with Crippen molar-refractivity contribution >= 4 is 5.69 Å². The van der Waals surface area contributed by atoms with E-state index in [0.29, 0.717) is 0 Å². The summed E-state index contributed by atoms with van der Waals surface area (Å²) in [6, 6.07) is 8.83. The van der Waals surface area contributed by atoms with Gasteiger partial charge in [0.1, 0.15) is 0 Å². The fraction of sp³-hybridized carbons (Fsp3) is 0.538. The number of fused-ring (bicyclic) bond motifs is 1. The van der Waals surface area contributed by atoms with Gasteiger partial charge >= 0.3 is 0 Å². The Morgan fingerprint density at radius 2 is 2.12 bits per heavy atom. The SMILES string of the molecule is OC1CNCC1N1CCCc2ccccc21. The summed E-state index contributed by atoms with van der Waals surface area (Å²) in [5, 5.41) is 13.2. The number of aliphatic hydroxyl groups excluding tert-OH is 1. The first-order valence-corrected chi connectivity index (χ1v) is 6.09. The van der Waals surface area contributed by atoms with E-state index in [9.17, 15) is 5.11 Å². The third-order valence-corrected chi connectivity index (χ3v) is 3.70. The highest BCUT2D eigenvalue weighted by Gasteiger charge is 2.32. The van der Waals surface area contributed by atoms with Gasteiger partial charge in [-0.15, -0.1) is 0 Å². The number of hydrogen-bond donors (Lipinski definition) is 2. The lowest BCUT2D eigenvalue weighted by molar-refractivity contribution is 0.174. The first-order valence-electron chi connectivity index (χ1n) is 6.09. The second kappa shape index (κ2) is 4.07. The van der Waals surface area contributed by atoms with E-state index in [-0.39, 0.29) is 12.1 Å². The maximum atomic E-state index is 9.96. The van der Waals surface area contributed by atoms with E-state index >= 15 is 0 Å². The number of para-hydroxylation sites is 1. The lowest BCUT2D eigenvalue weighted by atomic mass is 9.99. The molecule has 2 heterocycles. The molecule has 0 aliphatic carbocycles. The Labute approximate surface area is 96.1 Å². The van der Waals surface area contributed by atoms with E-state index in [1.54, 1.807) is 0 Å². The van der Waals surface area contributed by atoms with Crippen molar-refractivity contribution in [3.05, 3.63) is 29.8 Å². The maximum absolute atomic E-state index is 9.96. The molecule has 2 aliphatic heterocycles. The molecule has 0 saturated carbocycles. The molecule has 2 atom stereocenters. The minimum atomic E-state index is -0.230. The maximum Gasteiger partial charge on any atom is 0.0879 e. The van der Waals surface area contributed by atoms with Crippen LogP contribution in [0.5, 0.6) is 0 Å². The van der Waals surface area contributed by atoms with Crippen molar-refractivity contribution in [1.29, 1.82) is 0 Å². The van der Waals surface area contributed by atoms with Crippen LogP contribution in [0.25, 0.3) is 0 Å². The molecule has 16 heavy (non-hydrogen) atoms. The van der Waals surface area contributed by atoms with Crippen LogP contribution in [0.2, 0.25) is 0 Å². The summed E-state index contributed by atoms with van der Waals surface area (Å²) in [4.78, 5) is 2.38. The molecular formula is C13H18N2O. The second-order valence-electron chi connectivity index (χ2n) is 4.72. The average molecular weight is 218 g/mol. The number of anilines is 1. The third kappa shape index (κ3) is 1.60. The summed E-state index contributed by atoms with van der Waals surface area (Å²) in [5.41, 5.74) is 2.74. The van der Waals surface area contributed by atoms with Crippen LogP contribution < -0.4 is 10.2 Å². The van der Waals surface area contributed by atoms with Gasteiger partial charge in [0, 0.05) is 25.3 Å². The first kappa shape index (κ1) is 10.1. The van der Waals surface area contributed by atoms with Crippen molar-refractivity contribution in [2.75, 3.05) is 24.5 Å². The summed E-state index contributed by atoms with van der Waals surface area (Å²) in [6.07, 6.45) is 2.13. The highest BCUT2D eigenvalue weighted by molar-refractivity contribution is 5.56. The van der Waals surface area contributed by atoms with Crippen molar-refractivity contribution in [3.8, 4) is 0 Å². The Morgan fingerprint density at radius 3 is 2.94 bits per heavy atom. The van der Waals surface area contributed by atoms with Crippen molar-refractivity contribution in [2.24, 2.45) is 0 Å². The van der Waals surface area contributed by atoms with Gasteiger partial charge in [-0.05, 0) is 24.5 Å². The fourth-order valence-electron chi connectivity index (χ4n) is 2.88. The number of β-amino-alcohol motifs (C(OH)–C–C–N with tert-alkyl or cyclic N) is 1. The first-order chi connectivity index (χ1) is 7.86. The third-order valence-electron chi connectivity index (χ3n) is 3.70. The molecule has 0 spiro atoms. The Bertz CT molecular complexity index is 380. The molecule has 3 rings (SSSR count). The lowest BCUT2D eigenvalue weighted by Gasteiger charge is -2.37. The number of rotatable bonds is 1. The average Bonchev–Trinajstić information content (AvgIpc) is 2.75. The fourth-order valence-corrected chi connectivity index (χ4v) is 2.88. The van der Waals surface area contributed by atoms with Crippen LogP contribution >= 0.6 is 0 Å². The zero-order valence-corrected chi connectivity index (χ0v) is 9.39. The number of hydrogen-bond acceptors (Lipinski definition) is 3. The second-order valence-corrected chi connectivity index (χ2v) is 4.72. The van der Waals surface area contributed by atoms with Crippen molar-refractivity contribution in [1.82, 2.24) is 5.32 Å². The van der Waals surface area contributed by atoms with E-state index in [2.05, 4.69) is 34.5 Å². The minimum absolute atomic E-state index is 0.230. The monoisotopic (exact) mass is 218 g/mol. The van der Waals surface area contributed by atoms with Gasteiger partial charge in [0.2, 0.25) is 0 Å². The Hall–Kier alpha value is -1.06. The van der Waals surface area contributed by atoms with Crippen LogP contribution in [0.4, 0.5) is 5.69 Å². The highest BCUT2D eigenvalue weighted by atomic mass is 16.3. The smallest absolute Gasteiger partial charge is 0.0879 e. The van der Waals surface area contributed by atoms with E-state index in [1.165, 1.54) is 24.1 Å². The van der Waals surface area contributed by atoms with Gasteiger partial charge in [0.15, 0.2) is 0 Å². The van der Waals surface area contributed by atoms with Crippen LogP contribution in [0.3, 0.4) is 0 Å². The highest BCUT2D eigenvalue weighted by Crippen LogP contribution is 2.29. The molecule has 2 aliphatic rings. The molecule has 3 nitrogen and oxygen atoms in total. The van der Waals surface area contributed by atoms with E-state index in [0.717, 1.165) is 19.6 Å². The van der Waals surface area contributed by atoms with Crippen molar-refractivity contribution in [3.63, 3.8) is 0 Å². The normalized spacial score (nSPS) is 29.2. The molecule has 1 fully saturated rings. The van der Waals surface area contributed by atoms with Crippen molar-refractivity contribution in [2.45, 2.75) is 25.0 Å². The van der Waals surface area contributed by atoms with Gasteiger partial charge in [-0.2, -0.15) is 0 Å². The van der Waals surface area contributed by atoms with Crippen LogP contribution in [0, 0.1) is 0 Å². The summed E-state index contributed by atoms with van der Waals surface area (Å²) >= 11 is 0. The molecule has 0 radical (unpaired) electrons. The van der Waals surface area contributed by atoms with Gasteiger partial charge in [-0.25, -0.2) is 0 Å². The Kier molecular flexibility index (Phi) is 2.58. The summed E-state index contributed by atoms with van der Waals surface area (Å²) < 4.78 is 0. The molecule has 3 heteroatoms. The van der Waals surface area contributed by atoms with Crippen LogP contribution in [0.1, 0.15) is 12.0 Å². The Morgan fingerprint density at radius 1 is 1.25 bits per heavy atom. The quantitative estimate of drug-likeness (QED) is 0.731. The van der Waals surface area contributed by atoms with Gasteiger partial charge in [-0.3, -0.25) is 0 Å². The molecule has 0 amide bonds. The van der Waals surface area contributed by atoms with Crippen LogP contribution in [-0.4, -0.2) is 36.9 Å². The summed E-state index contributed by atoms with van der Waals surface area (Å²) in [5.74, 6) is 0. The molecule has 0 aromatic heterocycles. The van der Waals surface area contributed by atoms with E-state index < -0.39 is 0 Å². The number of nitrogens with zero attached hydrogens (tertiary/aromatic N) is 1. The predicted molar refractivity (Wildman–Crippen MR) is 64.8 cm³/mol. The summed E-state index contributed by atoms with van der Waals surface area (Å²) in [7, 11) is 0. The van der Waals surface area contributed by atoms with E-state index in [4.69, 9.17) is 0 Å². The number of benzene rings is 1. The lowest BCUT2D eigenvalue weighted by Crippen LogP contribution is -2.45. The number of nitrogens with one attached hydrogen (secondary N) is 1. The van der Waals surface area contributed by atoms with Crippen molar-refractivity contribution < 1.29 is 5.11 Å². The van der Waals surface area contributed by atoms with Gasteiger partial charge in [0.25, 0.3) is 0 Å². The van der Waals surface area contributed by atoms with E-state index in [1.807, 2.05) is 0 Å². The van der Waals surface area contributed by atoms with Gasteiger partial charge in [0.05, 0.1) is 12.1 Å².